The molecule has 9 nitrogen and oxygen atoms in total. The van der Waals surface area contributed by atoms with E-state index >= 15 is 0 Å². The number of primary amides is 1. The van der Waals surface area contributed by atoms with E-state index in [1.165, 1.54) is 0 Å². The number of nitrogens with one attached hydrogen (secondary N) is 2. The highest BCUT2D eigenvalue weighted by Crippen LogP contribution is 2.28. The average molecular weight is 262 g/mol. The van der Waals surface area contributed by atoms with Crippen LogP contribution >= 0.6 is 0 Å². The molecular weight excluding hydrogens is 248 g/mol. The van der Waals surface area contributed by atoms with Gasteiger partial charge in [0.2, 0.25) is 11.9 Å². The lowest BCUT2D eigenvalue weighted by Gasteiger charge is -2.18. The standard InChI is InChI=1S/C10H14N8O/c11-7(19)5-1-2-18(4-5)9-6-3-13-17-8(6)14-10(15-9)16-12/h3,5H,1-2,4,12H2,(H2,11,19)(H2,13,14,15,16,17). The van der Waals surface area contributed by atoms with Crippen LogP contribution in [0.4, 0.5) is 11.8 Å². The van der Waals surface area contributed by atoms with Gasteiger partial charge in [0.05, 0.1) is 17.5 Å². The third kappa shape index (κ3) is 1.93. The maximum atomic E-state index is 11.2. The molecule has 0 saturated carbocycles. The molecule has 1 aliphatic rings. The Labute approximate surface area is 108 Å². The fourth-order valence-corrected chi connectivity index (χ4v) is 2.31. The number of carbonyl (C=O) groups excluding carboxylic acids is 1. The van der Waals surface area contributed by atoms with Gasteiger partial charge in [0.15, 0.2) is 5.65 Å². The second-order valence-corrected chi connectivity index (χ2v) is 4.48. The van der Waals surface area contributed by atoms with Gasteiger partial charge >= 0.3 is 0 Å². The van der Waals surface area contributed by atoms with Gasteiger partial charge in [-0.15, -0.1) is 0 Å². The third-order valence-corrected chi connectivity index (χ3v) is 3.31. The van der Waals surface area contributed by atoms with Gasteiger partial charge in [0.25, 0.3) is 0 Å². The third-order valence-electron chi connectivity index (χ3n) is 3.31. The lowest BCUT2D eigenvalue weighted by Crippen LogP contribution is -2.28. The van der Waals surface area contributed by atoms with E-state index < -0.39 is 0 Å². The quantitative estimate of drug-likeness (QED) is 0.409. The Morgan fingerprint density at radius 2 is 2.37 bits per heavy atom. The largest absolute Gasteiger partial charge is 0.369 e. The Bertz CT molecular complexity index is 623. The van der Waals surface area contributed by atoms with Crippen molar-refractivity contribution in [2.45, 2.75) is 6.42 Å². The van der Waals surface area contributed by atoms with Crippen molar-refractivity contribution in [3.63, 3.8) is 0 Å². The molecular formula is C10H14N8O. The number of fused-ring (bicyclic) bond motifs is 1. The fraction of sp³-hybridized carbons (Fsp3) is 0.400. The van der Waals surface area contributed by atoms with E-state index in [1.54, 1.807) is 6.20 Å². The summed E-state index contributed by atoms with van der Waals surface area (Å²) < 4.78 is 0. The zero-order valence-electron chi connectivity index (χ0n) is 10.1. The van der Waals surface area contributed by atoms with Crippen molar-refractivity contribution < 1.29 is 4.79 Å². The summed E-state index contributed by atoms with van der Waals surface area (Å²) >= 11 is 0. The summed E-state index contributed by atoms with van der Waals surface area (Å²) in [6.07, 6.45) is 2.38. The highest BCUT2D eigenvalue weighted by atomic mass is 16.1. The molecule has 100 valence electrons. The zero-order valence-corrected chi connectivity index (χ0v) is 10.1. The van der Waals surface area contributed by atoms with Crippen LogP contribution in [0.1, 0.15) is 6.42 Å². The predicted octanol–water partition coefficient (Wildman–Crippen LogP) is -1.05. The molecule has 2 aromatic rings. The van der Waals surface area contributed by atoms with Gasteiger partial charge in [-0.1, -0.05) is 0 Å². The Hall–Kier alpha value is -2.42. The van der Waals surface area contributed by atoms with Crippen molar-refractivity contribution in [3.05, 3.63) is 6.20 Å². The Morgan fingerprint density at radius 3 is 3.05 bits per heavy atom. The predicted molar refractivity (Wildman–Crippen MR) is 69.0 cm³/mol. The average Bonchev–Trinajstić information content (AvgIpc) is 3.06. The number of amides is 1. The summed E-state index contributed by atoms with van der Waals surface area (Å²) in [5.74, 6) is 5.93. The minimum atomic E-state index is -0.280. The summed E-state index contributed by atoms with van der Waals surface area (Å²) in [6.45, 7) is 1.27. The normalized spacial score (nSPS) is 19.0. The summed E-state index contributed by atoms with van der Waals surface area (Å²) in [4.78, 5) is 21.7. The van der Waals surface area contributed by atoms with E-state index in [1.807, 2.05) is 4.90 Å². The van der Waals surface area contributed by atoms with Crippen molar-refractivity contribution >= 4 is 28.7 Å². The number of aromatic nitrogens is 4. The lowest BCUT2D eigenvalue weighted by atomic mass is 10.1. The second kappa shape index (κ2) is 4.35. The SMILES string of the molecule is NNc1nc(N2CCC(C(N)=O)C2)c2cn[nH]c2n1. The topological polar surface area (TPSA) is 139 Å². The zero-order chi connectivity index (χ0) is 13.4. The summed E-state index contributed by atoms with van der Waals surface area (Å²) in [5, 5.41) is 7.52. The van der Waals surface area contributed by atoms with E-state index in [0.29, 0.717) is 24.0 Å². The molecule has 0 radical (unpaired) electrons. The molecule has 2 aromatic heterocycles. The summed E-state index contributed by atoms with van der Waals surface area (Å²) in [7, 11) is 0. The molecule has 9 heteroatoms. The first-order valence-electron chi connectivity index (χ1n) is 5.91. The number of hydrogen-bond acceptors (Lipinski definition) is 7. The molecule has 0 aromatic carbocycles. The van der Waals surface area contributed by atoms with Crippen molar-refractivity contribution in [1.29, 1.82) is 0 Å². The molecule has 1 aliphatic heterocycles. The Kier molecular flexibility index (Phi) is 2.67. The molecule has 0 bridgehead atoms. The van der Waals surface area contributed by atoms with Crippen LogP contribution in [0, 0.1) is 5.92 Å². The molecule has 1 unspecified atom stereocenters. The van der Waals surface area contributed by atoms with E-state index in [0.717, 1.165) is 18.4 Å². The maximum absolute atomic E-state index is 11.2. The molecule has 0 aliphatic carbocycles. The van der Waals surface area contributed by atoms with Crippen LogP contribution in [0.3, 0.4) is 0 Å². The van der Waals surface area contributed by atoms with Crippen molar-refractivity contribution in [1.82, 2.24) is 20.2 Å². The number of H-pyrrole nitrogens is 1. The molecule has 1 fully saturated rings. The number of nitrogens with two attached hydrogens (primary N) is 2. The summed E-state index contributed by atoms with van der Waals surface area (Å²) in [5.41, 5.74) is 8.35. The maximum Gasteiger partial charge on any atom is 0.241 e. The Balaban J connectivity index is 2.00. The van der Waals surface area contributed by atoms with E-state index in [2.05, 4.69) is 25.6 Å². The van der Waals surface area contributed by atoms with Gasteiger partial charge in [-0.3, -0.25) is 15.3 Å². The van der Waals surface area contributed by atoms with E-state index in [-0.39, 0.29) is 11.8 Å². The lowest BCUT2D eigenvalue weighted by molar-refractivity contribution is -0.121. The molecule has 19 heavy (non-hydrogen) atoms. The van der Waals surface area contributed by atoms with Crippen LogP contribution < -0.4 is 21.9 Å². The van der Waals surface area contributed by atoms with Crippen LogP contribution in [0.5, 0.6) is 0 Å². The highest BCUT2D eigenvalue weighted by Gasteiger charge is 2.29. The number of nitrogen functional groups attached to an aromatic ring is 1. The summed E-state index contributed by atoms with van der Waals surface area (Å²) in [6, 6.07) is 0. The fourth-order valence-electron chi connectivity index (χ4n) is 2.31. The smallest absolute Gasteiger partial charge is 0.241 e. The van der Waals surface area contributed by atoms with Crippen LogP contribution in [-0.4, -0.2) is 39.2 Å². The molecule has 0 spiro atoms. The van der Waals surface area contributed by atoms with E-state index in [4.69, 9.17) is 11.6 Å². The number of rotatable bonds is 3. The van der Waals surface area contributed by atoms with Crippen LogP contribution in [0.2, 0.25) is 0 Å². The Morgan fingerprint density at radius 1 is 1.53 bits per heavy atom. The molecule has 6 N–H and O–H groups in total. The molecule has 1 atom stereocenters. The van der Waals surface area contributed by atoms with Crippen molar-refractivity contribution in [2.24, 2.45) is 17.5 Å². The van der Waals surface area contributed by atoms with Gasteiger partial charge in [0, 0.05) is 13.1 Å². The monoisotopic (exact) mass is 262 g/mol. The van der Waals surface area contributed by atoms with Gasteiger partial charge in [-0.25, -0.2) is 5.84 Å². The minimum absolute atomic E-state index is 0.147. The molecule has 1 saturated heterocycles. The van der Waals surface area contributed by atoms with Gasteiger partial charge in [-0.05, 0) is 6.42 Å². The first-order chi connectivity index (χ1) is 9.19. The number of nitrogens with zero attached hydrogens (tertiary/aromatic N) is 4. The number of hydrazine groups is 1. The second-order valence-electron chi connectivity index (χ2n) is 4.48. The van der Waals surface area contributed by atoms with Crippen LogP contribution in [-0.2, 0) is 4.79 Å². The molecule has 3 heterocycles. The number of hydrogen-bond donors (Lipinski definition) is 4. The number of anilines is 2. The number of aromatic amines is 1. The van der Waals surface area contributed by atoms with Gasteiger partial charge in [0.1, 0.15) is 5.82 Å². The molecule has 1 amide bonds. The van der Waals surface area contributed by atoms with Gasteiger partial charge in [-0.2, -0.15) is 15.1 Å². The first kappa shape index (κ1) is 11.7. The van der Waals surface area contributed by atoms with Crippen molar-refractivity contribution in [3.8, 4) is 0 Å². The highest BCUT2D eigenvalue weighted by molar-refractivity contribution is 5.88. The van der Waals surface area contributed by atoms with E-state index in [9.17, 15) is 4.79 Å². The minimum Gasteiger partial charge on any atom is -0.369 e. The molecule has 3 rings (SSSR count). The van der Waals surface area contributed by atoms with Crippen LogP contribution in [0.25, 0.3) is 11.0 Å². The van der Waals surface area contributed by atoms with Crippen LogP contribution in [0.15, 0.2) is 6.20 Å². The van der Waals surface area contributed by atoms with Gasteiger partial charge < -0.3 is 10.6 Å². The number of carbonyl (C=O) groups is 1. The first-order valence-corrected chi connectivity index (χ1v) is 5.91. The van der Waals surface area contributed by atoms with Crippen molar-refractivity contribution in [2.75, 3.05) is 23.4 Å².